The van der Waals surface area contributed by atoms with Crippen LogP contribution in [0, 0.1) is 27.7 Å². The molecule has 0 aromatic heterocycles. The second-order valence-corrected chi connectivity index (χ2v) is 16.6. The van der Waals surface area contributed by atoms with Gasteiger partial charge < -0.3 is 9.80 Å². The monoisotopic (exact) mass is 724 g/mol. The summed E-state index contributed by atoms with van der Waals surface area (Å²) in [7, 11) is 0. The molecule has 0 atom stereocenters. The van der Waals surface area contributed by atoms with Gasteiger partial charge in [-0.15, -0.1) is 0 Å². The van der Waals surface area contributed by atoms with Gasteiger partial charge in [0.1, 0.15) is 0 Å². The Morgan fingerprint density at radius 2 is 0.636 bits per heavy atom. The van der Waals surface area contributed by atoms with Gasteiger partial charge in [0, 0.05) is 28.2 Å². The number of anilines is 4. The van der Waals surface area contributed by atoms with Crippen molar-refractivity contribution < 1.29 is 0 Å². The van der Waals surface area contributed by atoms with Crippen LogP contribution in [0.4, 0.5) is 22.7 Å². The van der Waals surface area contributed by atoms with Gasteiger partial charge in [0.05, 0.1) is 11.1 Å². The smallest absolute Gasteiger partial charge is 0.0697 e. The van der Waals surface area contributed by atoms with Crippen LogP contribution >= 0.6 is 0 Å². The highest BCUT2D eigenvalue weighted by atomic mass is 15.2. The Labute approximate surface area is 331 Å². The molecule has 0 bridgehead atoms. The summed E-state index contributed by atoms with van der Waals surface area (Å²) in [6.07, 6.45) is 3.91. The van der Waals surface area contributed by atoms with Gasteiger partial charge in [-0.25, -0.2) is 0 Å². The Bertz CT molecular complexity index is 2000. The molecule has 1 aliphatic carbocycles. The quantitative estimate of drug-likeness (QED) is 0.124. The van der Waals surface area contributed by atoms with Crippen molar-refractivity contribution in [3.05, 3.63) is 178 Å². The first-order chi connectivity index (χ1) is 26.4. The summed E-state index contributed by atoms with van der Waals surface area (Å²) in [5.41, 5.74) is 17.7. The Morgan fingerprint density at radius 3 is 0.873 bits per heavy atom. The molecule has 6 aromatic carbocycles. The van der Waals surface area contributed by atoms with E-state index in [-0.39, 0.29) is 16.5 Å². The highest BCUT2D eigenvalue weighted by Gasteiger charge is 2.43. The van der Waals surface area contributed by atoms with E-state index in [0.29, 0.717) is 0 Å². The maximum Gasteiger partial charge on any atom is 0.0697 e. The fraction of sp³-hybridized carbons (Fsp3) is 0.321. The molecule has 0 N–H and O–H groups in total. The zero-order valence-electron chi connectivity index (χ0n) is 34.9. The van der Waals surface area contributed by atoms with Crippen LogP contribution in [0.2, 0.25) is 0 Å². The lowest BCUT2D eigenvalue weighted by Crippen LogP contribution is -2.43. The van der Waals surface area contributed by atoms with Crippen LogP contribution in [0.3, 0.4) is 0 Å². The minimum atomic E-state index is -0.238. The van der Waals surface area contributed by atoms with Gasteiger partial charge in [0.2, 0.25) is 0 Å². The third kappa shape index (κ3) is 6.48. The molecule has 2 heteroatoms. The van der Waals surface area contributed by atoms with E-state index in [2.05, 4.69) is 212 Å². The third-order valence-electron chi connectivity index (χ3n) is 13.1. The summed E-state index contributed by atoms with van der Waals surface area (Å²) in [6, 6.07) is 51.2. The lowest BCUT2D eigenvalue weighted by atomic mass is 9.75. The number of benzene rings is 6. The zero-order valence-corrected chi connectivity index (χ0v) is 34.9. The van der Waals surface area contributed by atoms with Crippen molar-refractivity contribution in [1.82, 2.24) is 0 Å². The van der Waals surface area contributed by atoms with Crippen LogP contribution in [0.1, 0.15) is 112 Å². The normalized spacial score (nSPS) is 13.3. The topological polar surface area (TPSA) is 6.48 Å². The average molecular weight is 725 g/mol. The summed E-state index contributed by atoms with van der Waals surface area (Å²) in [5, 5.41) is 0. The molecule has 0 saturated heterocycles. The lowest BCUT2D eigenvalue weighted by molar-refractivity contribution is 0.402. The second kappa shape index (κ2) is 14.9. The van der Waals surface area contributed by atoms with Gasteiger partial charge >= 0.3 is 0 Å². The highest BCUT2D eigenvalue weighted by Crippen LogP contribution is 2.54. The van der Waals surface area contributed by atoms with Crippen molar-refractivity contribution >= 4 is 22.7 Å². The highest BCUT2D eigenvalue weighted by molar-refractivity contribution is 5.82. The van der Waals surface area contributed by atoms with Crippen LogP contribution in [0.25, 0.3) is 11.1 Å². The van der Waals surface area contributed by atoms with E-state index >= 15 is 0 Å². The summed E-state index contributed by atoms with van der Waals surface area (Å²) in [4.78, 5) is 5.23. The molecule has 55 heavy (non-hydrogen) atoms. The number of rotatable bonds is 12. The summed E-state index contributed by atoms with van der Waals surface area (Å²) >= 11 is 0. The third-order valence-corrected chi connectivity index (χ3v) is 13.1. The molecule has 6 aromatic rings. The molecule has 2 nitrogen and oxygen atoms in total. The van der Waals surface area contributed by atoms with Gasteiger partial charge in [-0.2, -0.15) is 0 Å². The number of aryl methyl sites for hydroxylation is 4. The van der Waals surface area contributed by atoms with Gasteiger partial charge in [0.25, 0.3) is 0 Å². The van der Waals surface area contributed by atoms with Crippen molar-refractivity contribution in [3.8, 4) is 11.1 Å². The Kier molecular flexibility index (Phi) is 10.3. The minimum absolute atomic E-state index is 0.172. The van der Waals surface area contributed by atoms with Crippen molar-refractivity contribution in [2.24, 2.45) is 0 Å². The summed E-state index contributed by atoms with van der Waals surface area (Å²) in [6.45, 7) is 23.0. The molecule has 282 valence electrons. The molecule has 0 radical (unpaired) electrons. The van der Waals surface area contributed by atoms with E-state index in [1.165, 1.54) is 78.4 Å². The first-order valence-electron chi connectivity index (χ1n) is 20.6. The van der Waals surface area contributed by atoms with Crippen LogP contribution in [-0.4, -0.2) is 0 Å². The van der Waals surface area contributed by atoms with Crippen molar-refractivity contribution in [3.63, 3.8) is 0 Å². The van der Waals surface area contributed by atoms with Crippen molar-refractivity contribution in [1.29, 1.82) is 0 Å². The van der Waals surface area contributed by atoms with Gasteiger partial charge in [-0.05, 0) is 135 Å². The molecule has 0 unspecified atom stereocenters. The maximum atomic E-state index is 2.61. The van der Waals surface area contributed by atoms with Crippen LogP contribution in [0.15, 0.2) is 133 Å². The van der Waals surface area contributed by atoms with E-state index < -0.39 is 0 Å². The van der Waals surface area contributed by atoms with Crippen molar-refractivity contribution in [2.75, 3.05) is 9.80 Å². The molecule has 1 aliphatic rings. The molecule has 0 fully saturated rings. The zero-order chi connectivity index (χ0) is 39.1. The summed E-state index contributed by atoms with van der Waals surface area (Å²) in [5.74, 6) is 0. The molecular formula is C53H60N2. The Morgan fingerprint density at radius 1 is 0.382 bits per heavy atom. The van der Waals surface area contributed by atoms with Gasteiger partial charge in [-0.3, -0.25) is 0 Å². The Balaban J connectivity index is 1.36. The average Bonchev–Trinajstić information content (AvgIpc) is 3.43. The van der Waals surface area contributed by atoms with Gasteiger partial charge in [0.15, 0.2) is 0 Å². The molecule has 0 heterocycles. The molecular weight excluding hydrogens is 665 g/mol. The predicted molar refractivity (Wildman–Crippen MR) is 238 cm³/mol. The molecule has 0 aliphatic heterocycles. The molecule has 0 amide bonds. The Hall–Kier alpha value is -5.08. The first kappa shape index (κ1) is 38.2. The van der Waals surface area contributed by atoms with Gasteiger partial charge in [-0.1, -0.05) is 149 Å². The first-order valence-corrected chi connectivity index (χ1v) is 20.6. The maximum absolute atomic E-state index is 2.61. The van der Waals surface area contributed by atoms with E-state index in [1.54, 1.807) is 0 Å². The molecule has 7 rings (SSSR count). The fourth-order valence-electron chi connectivity index (χ4n) is 9.59. The largest absolute Gasteiger partial charge is 0.331 e. The fourth-order valence-corrected chi connectivity index (χ4v) is 9.59. The number of fused-ring (bicyclic) bond motifs is 3. The molecule has 0 spiro atoms. The number of hydrogen-bond donors (Lipinski definition) is 0. The minimum Gasteiger partial charge on any atom is -0.331 e. The summed E-state index contributed by atoms with van der Waals surface area (Å²) < 4.78 is 0. The van der Waals surface area contributed by atoms with Crippen LogP contribution < -0.4 is 9.80 Å². The number of nitrogens with zero attached hydrogens (tertiary/aromatic N) is 2. The predicted octanol–water partition coefficient (Wildman–Crippen LogP) is 14.9. The van der Waals surface area contributed by atoms with Crippen LogP contribution in [0.5, 0.6) is 0 Å². The van der Waals surface area contributed by atoms with E-state index in [9.17, 15) is 0 Å². The van der Waals surface area contributed by atoms with E-state index in [0.717, 1.165) is 25.7 Å². The SMILES string of the molecule is CCC(CC)(c1ccc2c(c1)C(C)(C)c1cc(C(CC)(CC)N(c3ccc(C)cc3)c3ccc(C)cc3)ccc1-2)N(c1ccc(C)cc1)c1ccc(C)cc1. The van der Waals surface area contributed by atoms with Crippen molar-refractivity contribution in [2.45, 2.75) is 111 Å². The number of hydrogen-bond acceptors (Lipinski definition) is 2. The standard InChI is InChI=1S/C53H60N2/c1-11-52(12-2,54(43-25-15-37(5)16-26-43)44-27-17-38(6)18-28-44)41-23-33-47-48-34-24-42(36-50(48)51(9,10)49(47)35-41)53(13-3,14-4)55(45-29-19-39(7)20-30-45)46-31-21-40(8)22-32-46/h15-36H,11-14H2,1-10H3. The second-order valence-electron chi connectivity index (χ2n) is 16.6. The van der Waals surface area contributed by atoms with Crippen LogP contribution in [-0.2, 0) is 16.5 Å². The van der Waals surface area contributed by atoms with E-state index in [1.807, 2.05) is 0 Å². The lowest BCUT2D eigenvalue weighted by Gasteiger charge is -2.46. The van der Waals surface area contributed by atoms with E-state index in [4.69, 9.17) is 0 Å². The molecule has 0 saturated carbocycles.